The molecule has 0 radical (unpaired) electrons. The van der Waals surface area contributed by atoms with E-state index in [-0.39, 0.29) is 0 Å². The van der Waals surface area contributed by atoms with Crippen LogP contribution >= 0.6 is 0 Å². The van der Waals surface area contributed by atoms with Crippen molar-refractivity contribution in [2.75, 3.05) is 13.7 Å². The molecule has 1 heterocycles. The molecule has 4 nitrogen and oxygen atoms in total. The van der Waals surface area contributed by atoms with Crippen LogP contribution in [0.5, 0.6) is 5.75 Å². The molecule has 0 aliphatic rings. The Morgan fingerprint density at radius 3 is 2.74 bits per heavy atom. The molecule has 0 aliphatic heterocycles. The van der Waals surface area contributed by atoms with Crippen LogP contribution in [0.4, 0.5) is 0 Å². The van der Waals surface area contributed by atoms with Gasteiger partial charge in [-0.2, -0.15) is 0 Å². The first-order valence-corrected chi connectivity index (χ1v) is 6.66. The molecule has 0 amide bonds. The Kier molecular flexibility index (Phi) is 4.98. The number of methoxy groups -OCH3 is 1. The highest BCUT2D eigenvalue weighted by atomic mass is 16.5. The fraction of sp³-hybridized carbons (Fsp3) is 0.400. The molecule has 0 saturated carbocycles. The van der Waals surface area contributed by atoms with Crippen LogP contribution in [0.15, 0.2) is 36.8 Å². The molecular formula is C15H21N3O. The monoisotopic (exact) mass is 259 g/mol. The van der Waals surface area contributed by atoms with Crippen molar-refractivity contribution in [3.63, 3.8) is 0 Å². The molecule has 2 aromatic rings. The first kappa shape index (κ1) is 13.6. The lowest BCUT2D eigenvalue weighted by atomic mass is 10.1. The SMILES string of the molecule is CCn1cncc1CNCCc1ccc(OC)cc1. The third-order valence-corrected chi connectivity index (χ3v) is 3.19. The Balaban J connectivity index is 1.74. The van der Waals surface area contributed by atoms with E-state index in [1.807, 2.05) is 24.7 Å². The number of hydrogen-bond acceptors (Lipinski definition) is 3. The average Bonchev–Trinajstić information content (AvgIpc) is 2.91. The molecule has 0 aliphatic carbocycles. The van der Waals surface area contributed by atoms with E-state index >= 15 is 0 Å². The lowest BCUT2D eigenvalue weighted by Gasteiger charge is -2.07. The first-order chi connectivity index (χ1) is 9.33. The highest BCUT2D eigenvalue weighted by Gasteiger charge is 1.99. The van der Waals surface area contributed by atoms with Crippen molar-refractivity contribution in [3.05, 3.63) is 48.0 Å². The maximum atomic E-state index is 5.14. The van der Waals surface area contributed by atoms with Crippen molar-refractivity contribution in [1.29, 1.82) is 0 Å². The second-order valence-corrected chi connectivity index (χ2v) is 4.45. The molecule has 0 atom stereocenters. The molecule has 0 spiro atoms. The van der Waals surface area contributed by atoms with Crippen LogP contribution in [0.1, 0.15) is 18.2 Å². The molecular weight excluding hydrogens is 238 g/mol. The lowest BCUT2D eigenvalue weighted by Crippen LogP contribution is -2.18. The van der Waals surface area contributed by atoms with Crippen molar-refractivity contribution in [2.45, 2.75) is 26.4 Å². The standard InChI is InChI=1S/C15H21N3O/c1-3-18-12-17-11-14(18)10-16-9-8-13-4-6-15(19-2)7-5-13/h4-7,11-12,16H,3,8-10H2,1-2H3. The summed E-state index contributed by atoms with van der Waals surface area (Å²) in [5.74, 6) is 0.906. The summed E-state index contributed by atoms with van der Waals surface area (Å²) in [7, 11) is 1.69. The Morgan fingerprint density at radius 2 is 2.05 bits per heavy atom. The maximum absolute atomic E-state index is 5.14. The second kappa shape index (κ2) is 6.95. The van der Waals surface area contributed by atoms with E-state index in [0.717, 1.165) is 31.8 Å². The summed E-state index contributed by atoms with van der Waals surface area (Å²) < 4.78 is 7.30. The average molecular weight is 259 g/mol. The molecule has 1 aromatic heterocycles. The van der Waals surface area contributed by atoms with Crippen LogP contribution < -0.4 is 10.1 Å². The van der Waals surface area contributed by atoms with E-state index in [0.29, 0.717) is 0 Å². The van der Waals surface area contributed by atoms with Crippen LogP contribution in [0.25, 0.3) is 0 Å². The number of nitrogens with one attached hydrogen (secondary N) is 1. The number of imidazole rings is 1. The van der Waals surface area contributed by atoms with Gasteiger partial charge in [0, 0.05) is 19.3 Å². The van der Waals surface area contributed by atoms with E-state index in [2.05, 4.69) is 33.9 Å². The third-order valence-electron chi connectivity index (χ3n) is 3.19. The number of aryl methyl sites for hydroxylation is 1. The summed E-state index contributed by atoms with van der Waals surface area (Å²) in [6, 6.07) is 8.22. The number of rotatable bonds is 7. The van der Waals surface area contributed by atoms with Crippen LogP contribution in [-0.4, -0.2) is 23.2 Å². The Labute approximate surface area is 114 Å². The zero-order valence-corrected chi connectivity index (χ0v) is 11.6. The third kappa shape index (κ3) is 3.83. The van der Waals surface area contributed by atoms with Crippen LogP contribution in [-0.2, 0) is 19.5 Å². The van der Waals surface area contributed by atoms with Crippen molar-refractivity contribution >= 4 is 0 Å². The van der Waals surface area contributed by atoms with E-state index in [4.69, 9.17) is 4.74 Å². The number of ether oxygens (including phenoxy) is 1. The lowest BCUT2D eigenvalue weighted by molar-refractivity contribution is 0.414. The number of hydrogen-bond donors (Lipinski definition) is 1. The number of aromatic nitrogens is 2. The molecule has 0 saturated heterocycles. The van der Waals surface area contributed by atoms with Crippen molar-refractivity contribution < 1.29 is 4.74 Å². The van der Waals surface area contributed by atoms with Gasteiger partial charge in [0.05, 0.1) is 19.1 Å². The van der Waals surface area contributed by atoms with Crippen molar-refractivity contribution in [2.24, 2.45) is 0 Å². The molecule has 4 heteroatoms. The summed E-state index contributed by atoms with van der Waals surface area (Å²) in [4.78, 5) is 4.16. The molecule has 1 N–H and O–H groups in total. The van der Waals surface area contributed by atoms with Gasteiger partial charge < -0.3 is 14.6 Å². The minimum absolute atomic E-state index is 0.865. The van der Waals surface area contributed by atoms with Gasteiger partial charge in [-0.05, 0) is 37.6 Å². The molecule has 0 bridgehead atoms. The van der Waals surface area contributed by atoms with Gasteiger partial charge in [0.25, 0.3) is 0 Å². The van der Waals surface area contributed by atoms with E-state index in [1.165, 1.54) is 11.3 Å². The van der Waals surface area contributed by atoms with Gasteiger partial charge >= 0.3 is 0 Å². The zero-order chi connectivity index (χ0) is 13.5. The second-order valence-electron chi connectivity index (χ2n) is 4.45. The van der Waals surface area contributed by atoms with E-state index in [9.17, 15) is 0 Å². The van der Waals surface area contributed by atoms with Gasteiger partial charge in [0.15, 0.2) is 0 Å². The summed E-state index contributed by atoms with van der Waals surface area (Å²) in [6.45, 7) is 4.92. The fourth-order valence-electron chi connectivity index (χ4n) is 2.02. The predicted molar refractivity (Wildman–Crippen MR) is 76.3 cm³/mol. The molecule has 2 rings (SSSR count). The quantitative estimate of drug-likeness (QED) is 0.775. The summed E-state index contributed by atoms with van der Waals surface area (Å²) in [5.41, 5.74) is 2.55. The maximum Gasteiger partial charge on any atom is 0.118 e. The van der Waals surface area contributed by atoms with Gasteiger partial charge in [-0.25, -0.2) is 4.98 Å². The highest BCUT2D eigenvalue weighted by Crippen LogP contribution is 2.11. The van der Waals surface area contributed by atoms with E-state index < -0.39 is 0 Å². The van der Waals surface area contributed by atoms with E-state index in [1.54, 1.807) is 7.11 Å². The Hall–Kier alpha value is -1.81. The van der Waals surface area contributed by atoms with Gasteiger partial charge in [0.2, 0.25) is 0 Å². The number of nitrogens with zero attached hydrogens (tertiary/aromatic N) is 2. The molecule has 102 valence electrons. The smallest absolute Gasteiger partial charge is 0.118 e. The summed E-state index contributed by atoms with van der Waals surface area (Å²) in [5, 5.41) is 3.45. The van der Waals surface area contributed by atoms with Gasteiger partial charge in [0.1, 0.15) is 5.75 Å². The normalized spacial score (nSPS) is 10.6. The van der Waals surface area contributed by atoms with Crippen molar-refractivity contribution in [1.82, 2.24) is 14.9 Å². The first-order valence-electron chi connectivity index (χ1n) is 6.66. The molecule has 1 aromatic carbocycles. The number of benzene rings is 1. The minimum Gasteiger partial charge on any atom is -0.497 e. The van der Waals surface area contributed by atoms with Crippen molar-refractivity contribution in [3.8, 4) is 5.75 Å². The summed E-state index contributed by atoms with van der Waals surface area (Å²) >= 11 is 0. The molecule has 0 fully saturated rings. The highest BCUT2D eigenvalue weighted by molar-refractivity contribution is 5.27. The minimum atomic E-state index is 0.865. The molecule has 0 unspecified atom stereocenters. The largest absolute Gasteiger partial charge is 0.497 e. The predicted octanol–water partition coefficient (Wildman–Crippen LogP) is 2.24. The van der Waals surface area contributed by atoms with Gasteiger partial charge in [-0.15, -0.1) is 0 Å². The zero-order valence-electron chi connectivity index (χ0n) is 11.6. The topological polar surface area (TPSA) is 39.1 Å². The fourth-order valence-corrected chi connectivity index (χ4v) is 2.02. The van der Waals surface area contributed by atoms with Crippen LogP contribution in [0.3, 0.4) is 0 Å². The van der Waals surface area contributed by atoms with Crippen LogP contribution in [0, 0.1) is 0 Å². The Bertz CT molecular complexity index is 490. The van der Waals surface area contributed by atoms with Gasteiger partial charge in [-0.1, -0.05) is 12.1 Å². The van der Waals surface area contributed by atoms with Crippen LogP contribution in [0.2, 0.25) is 0 Å². The molecule has 19 heavy (non-hydrogen) atoms. The van der Waals surface area contributed by atoms with Gasteiger partial charge in [-0.3, -0.25) is 0 Å². The summed E-state index contributed by atoms with van der Waals surface area (Å²) in [6.07, 6.45) is 4.81. The Morgan fingerprint density at radius 1 is 1.26 bits per heavy atom.